The van der Waals surface area contributed by atoms with Gasteiger partial charge in [-0.25, -0.2) is 9.59 Å². The fourth-order valence-electron chi connectivity index (χ4n) is 5.39. The lowest BCUT2D eigenvalue weighted by atomic mass is 9.98. The lowest BCUT2D eigenvalue weighted by Gasteiger charge is -2.38. The Morgan fingerprint density at radius 1 is 0.921 bits per heavy atom. The van der Waals surface area contributed by atoms with Crippen LogP contribution in [0.3, 0.4) is 0 Å². The highest BCUT2D eigenvalue weighted by Crippen LogP contribution is 2.41. The first-order chi connectivity index (χ1) is 18.2. The van der Waals surface area contributed by atoms with E-state index < -0.39 is 17.7 Å². The average Bonchev–Trinajstić information content (AvgIpc) is 3.10. The Morgan fingerprint density at radius 3 is 2.18 bits per heavy atom. The third kappa shape index (κ3) is 4.43. The molecule has 1 fully saturated rings. The first-order valence-electron chi connectivity index (χ1n) is 13.1. The maximum atomic E-state index is 14.0. The van der Waals surface area contributed by atoms with Crippen molar-refractivity contribution in [3.05, 3.63) is 84.9 Å². The molecule has 7 heteroatoms. The molecule has 0 aromatic heterocycles. The Hall–Kier alpha value is -4.10. The topological polar surface area (TPSA) is 76.1 Å². The van der Waals surface area contributed by atoms with Crippen molar-refractivity contribution in [1.29, 1.82) is 0 Å². The largest absolute Gasteiger partial charge is 0.347 e. The van der Waals surface area contributed by atoms with Crippen LogP contribution in [0.5, 0.6) is 0 Å². The number of nitrogens with zero attached hydrogens (tertiary/aromatic N) is 3. The number of fused-ring (bicyclic) bond motifs is 2. The van der Waals surface area contributed by atoms with Gasteiger partial charge in [0.2, 0.25) is 0 Å². The lowest BCUT2D eigenvalue weighted by Crippen LogP contribution is -2.58. The van der Waals surface area contributed by atoms with E-state index in [1.807, 2.05) is 92.7 Å². The summed E-state index contributed by atoms with van der Waals surface area (Å²) in [5, 5.41) is 18.7. The number of anilines is 2. The van der Waals surface area contributed by atoms with Gasteiger partial charge in [0.25, 0.3) is 0 Å². The molecule has 1 aliphatic heterocycles. The quantitative estimate of drug-likeness (QED) is 0.211. The van der Waals surface area contributed by atoms with Crippen molar-refractivity contribution in [2.75, 3.05) is 16.8 Å². The first-order valence-corrected chi connectivity index (χ1v) is 13.1. The molecule has 0 unspecified atom stereocenters. The Kier molecular flexibility index (Phi) is 6.71. The molecule has 4 aromatic carbocycles. The molecular formula is C31H34N4O3. The smallest absolute Gasteiger partial charge is 0.315 e. The summed E-state index contributed by atoms with van der Waals surface area (Å²) in [6.45, 7) is 8.54. The minimum absolute atomic E-state index is 0.242. The molecule has 4 amide bonds. The molecule has 4 aromatic rings. The molecule has 1 atom stereocenters. The average molecular weight is 511 g/mol. The van der Waals surface area contributed by atoms with Gasteiger partial charge >= 0.3 is 12.1 Å². The molecule has 5 rings (SSSR count). The van der Waals surface area contributed by atoms with Gasteiger partial charge in [-0.05, 0) is 49.1 Å². The van der Waals surface area contributed by atoms with Crippen LogP contribution in [-0.4, -0.2) is 45.5 Å². The number of urea groups is 2. The van der Waals surface area contributed by atoms with Gasteiger partial charge in [0, 0.05) is 17.3 Å². The van der Waals surface area contributed by atoms with Crippen LogP contribution in [0.1, 0.15) is 34.1 Å². The van der Waals surface area contributed by atoms with Crippen LogP contribution < -0.4 is 10.2 Å². The summed E-state index contributed by atoms with van der Waals surface area (Å²) in [5.74, 6) is 0.392. The van der Waals surface area contributed by atoms with Crippen LogP contribution in [0.25, 0.3) is 21.5 Å². The standard InChI is InChI=1S/C31H34N4O3/c1-21(2)19-20-33-30(37)34(27-18-10-14-23-12-6-8-16-25(23)27)28(31(33,3)4)35(38)29(36)32-26-17-9-13-22-11-5-7-15-24(22)26/h5-18,21,28,38H,19-20H2,1-4H3,(H,32,36)/t28-/m0/s1. The highest BCUT2D eigenvalue weighted by molar-refractivity contribution is 6.06. The van der Waals surface area contributed by atoms with Gasteiger partial charge in [-0.2, -0.15) is 5.06 Å². The summed E-state index contributed by atoms with van der Waals surface area (Å²) >= 11 is 0. The maximum absolute atomic E-state index is 14.0. The minimum Gasteiger partial charge on any atom is -0.315 e. The van der Waals surface area contributed by atoms with E-state index in [9.17, 15) is 14.8 Å². The Morgan fingerprint density at radius 2 is 1.50 bits per heavy atom. The number of benzene rings is 4. The maximum Gasteiger partial charge on any atom is 0.347 e. The third-order valence-electron chi connectivity index (χ3n) is 7.44. The van der Waals surface area contributed by atoms with Crippen molar-refractivity contribution in [1.82, 2.24) is 9.96 Å². The molecule has 0 radical (unpaired) electrons. The van der Waals surface area contributed by atoms with Crippen LogP contribution in [0.2, 0.25) is 0 Å². The number of hydroxylamine groups is 2. The molecule has 1 aliphatic rings. The summed E-state index contributed by atoms with van der Waals surface area (Å²) in [6.07, 6.45) is -0.165. The second-order valence-corrected chi connectivity index (χ2v) is 10.8. The van der Waals surface area contributed by atoms with Gasteiger partial charge in [0.1, 0.15) is 0 Å². The monoisotopic (exact) mass is 510 g/mol. The molecular weight excluding hydrogens is 476 g/mol. The molecule has 2 N–H and O–H groups in total. The molecule has 38 heavy (non-hydrogen) atoms. The number of hydrogen-bond donors (Lipinski definition) is 2. The molecule has 0 aliphatic carbocycles. The molecule has 0 bridgehead atoms. The molecule has 7 nitrogen and oxygen atoms in total. The van der Waals surface area contributed by atoms with E-state index in [4.69, 9.17) is 0 Å². The van der Waals surface area contributed by atoms with Crippen LogP contribution >= 0.6 is 0 Å². The molecule has 0 spiro atoms. The van der Waals surface area contributed by atoms with Gasteiger partial charge in [-0.1, -0.05) is 86.6 Å². The van der Waals surface area contributed by atoms with E-state index in [2.05, 4.69) is 19.2 Å². The van der Waals surface area contributed by atoms with E-state index in [1.54, 1.807) is 15.9 Å². The highest BCUT2D eigenvalue weighted by atomic mass is 16.5. The van der Waals surface area contributed by atoms with E-state index in [0.29, 0.717) is 28.9 Å². The number of nitrogens with one attached hydrogen (secondary N) is 1. The van der Waals surface area contributed by atoms with Crippen LogP contribution in [0.15, 0.2) is 84.9 Å². The van der Waals surface area contributed by atoms with E-state index >= 15 is 0 Å². The summed E-state index contributed by atoms with van der Waals surface area (Å²) in [5.41, 5.74) is 0.353. The summed E-state index contributed by atoms with van der Waals surface area (Å²) in [4.78, 5) is 30.9. The zero-order chi connectivity index (χ0) is 27.0. The van der Waals surface area contributed by atoms with Crippen LogP contribution in [0.4, 0.5) is 21.0 Å². The number of rotatable bonds is 6. The zero-order valence-electron chi connectivity index (χ0n) is 22.3. The fraction of sp³-hybridized carbons (Fsp3) is 0.290. The summed E-state index contributed by atoms with van der Waals surface area (Å²) < 4.78 is 0. The lowest BCUT2D eigenvalue weighted by molar-refractivity contribution is -0.0949. The number of carbonyl (C=O) groups excluding carboxylic acids is 2. The van der Waals surface area contributed by atoms with Crippen LogP contribution in [-0.2, 0) is 0 Å². The van der Waals surface area contributed by atoms with Gasteiger partial charge < -0.3 is 10.2 Å². The minimum atomic E-state index is -0.969. The molecule has 196 valence electrons. The number of hydrogen-bond acceptors (Lipinski definition) is 3. The zero-order valence-corrected chi connectivity index (χ0v) is 22.3. The fourth-order valence-corrected chi connectivity index (χ4v) is 5.39. The molecule has 1 heterocycles. The van der Waals surface area contributed by atoms with Crippen molar-refractivity contribution < 1.29 is 14.8 Å². The predicted molar refractivity (Wildman–Crippen MR) is 152 cm³/mol. The second kappa shape index (κ2) is 9.99. The Bertz CT molecular complexity index is 1490. The number of amides is 4. The van der Waals surface area contributed by atoms with Crippen molar-refractivity contribution in [2.45, 2.75) is 45.8 Å². The highest BCUT2D eigenvalue weighted by Gasteiger charge is 2.56. The van der Waals surface area contributed by atoms with E-state index in [1.165, 1.54) is 0 Å². The van der Waals surface area contributed by atoms with Crippen LogP contribution in [0, 0.1) is 5.92 Å². The number of carbonyl (C=O) groups is 2. The van der Waals surface area contributed by atoms with Gasteiger partial charge in [0.05, 0.1) is 16.9 Å². The summed E-state index contributed by atoms with van der Waals surface area (Å²) in [6, 6.07) is 26.0. The molecule has 0 saturated carbocycles. The van der Waals surface area contributed by atoms with Crippen molar-refractivity contribution in [3.8, 4) is 0 Å². The van der Waals surface area contributed by atoms with Crippen molar-refractivity contribution in [3.63, 3.8) is 0 Å². The van der Waals surface area contributed by atoms with Gasteiger partial charge in [-0.15, -0.1) is 0 Å². The van der Waals surface area contributed by atoms with Gasteiger partial charge in [0.15, 0.2) is 6.17 Å². The van der Waals surface area contributed by atoms with E-state index in [0.717, 1.165) is 28.0 Å². The second-order valence-electron chi connectivity index (χ2n) is 10.8. The van der Waals surface area contributed by atoms with Crippen molar-refractivity contribution in [2.24, 2.45) is 5.92 Å². The normalized spacial score (nSPS) is 17.0. The van der Waals surface area contributed by atoms with E-state index in [-0.39, 0.29) is 6.03 Å². The van der Waals surface area contributed by atoms with Gasteiger partial charge in [-0.3, -0.25) is 10.1 Å². The Balaban J connectivity index is 1.56. The summed E-state index contributed by atoms with van der Waals surface area (Å²) in [7, 11) is 0. The van der Waals surface area contributed by atoms with Crippen molar-refractivity contribution >= 4 is 45.0 Å². The first kappa shape index (κ1) is 25.5. The predicted octanol–water partition coefficient (Wildman–Crippen LogP) is 7.31. The molecule has 1 saturated heterocycles. The SMILES string of the molecule is CC(C)CCN1C(=O)N(c2cccc3ccccc23)[C@@H](N(O)C(=O)Nc2cccc3ccccc23)C1(C)C. The Labute approximate surface area is 223 Å². The third-order valence-corrected chi connectivity index (χ3v) is 7.44.